The van der Waals surface area contributed by atoms with Gasteiger partial charge in [0.1, 0.15) is 6.10 Å². The Morgan fingerprint density at radius 2 is 2.00 bits per heavy atom. The maximum atomic E-state index is 13.0. The van der Waals surface area contributed by atoms with Gasteiger partial charge < -0.3 is 9.47 Å². The van der Waals surface area contributed by atoms with E-state index in [2.05, 4.69) is 0 Å². The van der Waals surface area contributed by atoms with Crippen LogP contribution in [0.5, 0.6) is 0 Å². The molecule has 0 N–H and O–H groups in total. The number of benzene rings is 1. The smallest absolute Gasteiger partial charge is 0.270 e. The SMILES string of the molecule is CC1(C)OC2C3CC(C2O1)N(S(=O)(=O)c1cccc([N+](=O)[O-])c1)C3. The molecule has 3 fully saturated rings. The van der Waals surface area contributed by atoms with Crippen molar-refractivity contribution in [2.45, 2.75) is 49.2 Å². The molecule has 2 aliphatic heterocycles. The van der Waals surface area contributed by atoms with Crippen LogP contribution in [0, 0.1) is 16.0 Å². The molecule has 2 bridgehead atoms. The summed E-state index contributed by atoms with van der Waals surface area (Å²) in [6.45, 7) is 4.00. The van der Waals surface area contributed by atoms with Gasteiger partial charge in [-0.1, -0.05) is 6.07 Å². The standard InChI is InChI=1S/C15H18N2O6S/c1-15(2)22-13-9-6-12(14(13)23-15)16(8-9)24(20,21)11-5-3-4-10(7-11)17(18)19/h3-5,7,9,12-14H,6,8H2,1-2H3. The van der Waals surface area contributed by atoms with Gasteiger partial charge in [-0.15, -0.1) is 0 Å². The van der Waals surface area contributed by atoms with Gasteiger partial charge in [0.25, 0.3) is 5.69 Å². The van der Waals surface area contributed by atoms with Crippen molar-refractivity contribution in [2.24, 2.45) is 5.92 Å². The summed E-state index contributed by atoms with van der Waals surface area (Å²) in [5, 5.41) is 10.9. The molecule has 8 nitrogen and oxygen atoms in total. The van der Waals surface area contributed by atoms with Crippen LogP contribution in [0.4, 0.5) is 5.69 Å². The number of ether oxygens (including phenoxy) is 2. The maximum absolute atomic E-state index is 13.0. The minimum atomic E-state index is -3.81. The van der Waals surface area contributed by atoms with Crippen molar-refractivity contribution in [1.82, 2.24) is 4.31 Å². The van der Waals surface area contributed by atoms with E-state index in [4.69, 9.17) is 9.47 Å². The maximum Gasteiger partial charge on any atom is 0.270 e. The highest BCUT2D eigenvalue weighted by molar-refractivity contribution is 7.89. The molecule has 2 heterocycles. The lowest BCUT2D eigenvalue weighted by Gasteiger charge is -2.32. The van der Waals surface area contributed by atoms with Gasteiger partial charge in [0.15, 0.2) is 5.79 Å². The molecule has 3 aliphatic rings. The van der Waals surface area contributed by atoms with Crippen LogP contribution in [0.1, 0.15) is 20.3 Å². The molecule has 4 rings (SSSR count). The van der Waals surface area contributed by atoms with Gasteiger partial charge in [0.05, 0.1) is 22.0 Å². The van der Waals surface area contributed by atoms with Crippen molar-refractivity contribution in [2.75, 3.05) is 6.54 Å². The molecule has 4 atom stereocenters. The van der Waals surface area contributed by atoms with Gasteiger partial charge in [-0.3, -0.25) is 10.1 Å². The second kappa shape index (κ2) is 4.98. The molecule has 1 saturated carbocycles. The molecule has 24 heavy (non-hydrogen) atoms. The van der Waals surface area contributed by atoms with Gasteiger partial charge in [-0.25, -0.2) is 8.42 Å². The van der Waals surface area contributed by atoms with Crippen LogP contribution in [-0.4, -0.2) is 48.2 Å². The lowest BCUT2D eigenvalue weighted by atomic mass is 10.1. The Bertz CT molecular complexity index is 808. The van der Waals surface area contributed by atoms with E-state index < -0.39 is 20.7 Å². The second-order valence-electron chi connectivity index (χ2n) is 6.96. The number of nitro benzene ring substituents is 1. The summed E-state index contributed by atoms with van der Waals surface area (Å²) in [6, 6.07) is 4.88. The van der Waals surface area contributed by atoms with Crippen molar-refractivity contribution >= 4 is 15.7 Å². The van der Waals surface area contributed by atoms with Gasteiger partial charge >= 0.3 is 0 Å². The summed E-state index contributed by atoms with van der Waals surface area (Å²) >= 11 is 0. The fourth-order valence-corrected chi connectivity index (χ4v) is 5.79. The second-order valence-corrected chi connectivity index (χ2v) is 8.85. The molecule has 0 radical (unpaired) electrons. The molecular formula is C15H18N2O6S. The zero-order valence-corrected chi connectivity index (χ0v) is 14.1. The molecule has 0 aromatic heterocycles. The third kappa shape index (κ3) is 2.26. The lowest BCUT2D eigenvalue weighted by molar-refractivity contribution is -0.385. The fraction of sp³-hybridized carbons (Fsp3) is 0.600. The molecule has 4 unspecified atom stereocenters. The van der Waals surface area contributed by atoms with Crippen molar-refractivity contribution in [3.05, 3.63) is 34.4 Å². The van der Waals surface area contributed by atoms with Crippen LogP contribution >= 0.6 is 0 Å². The first-order chi connectivity index (χ1) is 11.2. The number of hydrogen-bond donors (Lipinski definition) is 0. The van der Waals surface area contributed by atoms with Crippen LogP contribution < -0.4 is 0 Å². The average molecular weight is 354 g/mol. The van der Waals surface area contributed by atoms with Crippen molar-refractivity contribution < 1.29 is 22.8 Å². The number of piperidine rings is 1. The first-order valence-electron chi connectivity index (χ1n) is 7.81. The number of nitro groups is 1. The number of hydrogen-bond acceptors (Lipinski definition) is 6. The van der Waals surface area contributed by atoms with E-state index in [0.29, 0.717) is 13.0 Å². The third-order valence-corrected chi connectivity index (χ3v) is 6.86. The van der Waals surface area contributed by atoms with Crippen molar-refractivity contribution in [3.63, 3.8) is 0 Å². The highest BCUT2D eigenvalue weighted by Gasteiger charge is 2.62. The number of sulfonamides is 1. The Balaban J connectivity index is 1.65. The monoisotopic (exact) mass is 354 g/mol. The minimum absolute atomic E-state index is 0.0565. The van der Waals surface area contributed by atoms with E-state index in [1.54, 1.807) is 0 Å². The molecule has 9 heteroatoms. The summed E-state index contributed by atoms with van der Waals surface area (Å²) in [7, 11) is -3.81. The normalized spacial score (nSPS) is 34.4. The van der Waals surface area contributed by atoms with E-state index in [9.17, 15) is 18.5 Å². The van der Waals surface area contributed by atoms with Gasteiger partial charge in [0, 0.05) is 24.6 Å². The van der Waals surface area contributed by atoms with Crippen molar-refractivity contribution in [3.8, 4) is 0 Å². The number of nitrogens with zero attached hydrogens (tertiary/aromatic N) is 2. The average Bonchev–Trinajstić information content (AvgIpc) is 3.15. The number of rotatable bonds is 3. The molecule has 2 saturated heterocycles. The Kier molecular flexibility index (Phi) is 3.31. The lowest BCUT2D eigenvalue weighted by Crippen LogP contribution is -2.49. The molecule has 0 spiro atoms. The third-order valence-electron chi connectivity index (χ3n) is 4.97. The Morgan fingerprint density at radius 1 is 1.29 bits per heavy atom. The van der Waals surface area contributed by atoms with E-state index in [-0.39, 0.29) is 34.8 Å². The summed E-state index contributed by atoms with van der Waals surface area (Å²) in [5.74, 6) is -0.618. The topological polar surface area (TPSA) is 99.0 Å². The summed E-state index contributed by atoms with van der Waals surface area (Å²) in [5.41, 5.74) is -0.236. The number of fused-ring (bicyclic) bond motifs is 5. The van der Waals surface area contributed by atoms with E-state index in [1.807, 2.05) is 13.8 Å². The first kappa shape index (κ1) is 15.9. The Hall–Kier alpha value is -1.55. The largest absolute Gasteiger partial charge is 0.344 e. The highest BCUT2D eigenvalue weighted by Crippen LogP contribution is 2.49. The predicted octanol–water partition coefficient (Wildman–Crippen LogP) is 1.51. The molecule has 0 amide bonds. The van der Waals surface area contributed by atoms with Crippen molar-refractivity contribution in [1.29, 1.82) is 0 Å². The Morgan fingerprint density at radius 3 is 2.71 bits per heavy atom. The minimum Gasteiger partial charge on any atom is -0.344 e. The quantitative estimate of drug-likeness (QED) is 0.603. The van der Waals surface area contributed by atoms with Gasteiger partial charge in [-0.05, 0) is 26.3 Å². The van der Waals surface area contributed by atoms with E-state index >= 15 is 0 Å². The number of non-ortho nitro benzene ring substituents is 1. The molecular weight excluding hydrogens is 336 g/mol. The van der Waals surface area contributed by atoms with Gasteiger partial charge in [0.2, 0.25) is 10.0 Å². The molecule has 1 aromatic rings. The summed E-state index contributed by atoms with van der Waals surface area (Å²) in [6.07, 6.45) is 0.327. The predicted molar refractivity (Wildman–Crippen MR) is 82.7 cm³/mol. The van der Waals surface area contributed by atoms with Gasteiger partial charge in [-0.2, -0.15) is 4.31 Å². The summed E-state index contributed by atoms with van der Waals surface area (Å²) in [4.78, 5) is 10.3. The zero-order valence-electron chi connectivity index (χ0n) is 13.3. The Labute approximate surface area is 139 Å². The molecule has 130 valence electrons. The fourth-order valence-electron chi connectivity index (χ4n) is 4.05. The van der Waals surface area contributed by atoms with Crippen LogP contribution in [0.2, 0.25) is 0 Å². The summed E-state index contributed by atoms with van der Waals surface area (Å²) < 4.78 is 39.1. The van der Waals surface area contributed by atoms with Crippen LogP contribution in [-0.2, 0) is 19.5 Å². The van der Waals surface area contributed by atoms with E-state index in [0.717, 1.165) is 6.07 Å². The van der Waals surface area contributed by atoms with E-state index in [1.165, 1.54) is 22.5 Å². The van der Waals surface area contributed by atoms with Crippen LogP contribution in [0.3, 0.4) is 0 Å². The zero-order chi connectivity index (χ0) is 17.3. The first-order valence-corrected chi connectivity index (χ1v) is 9.25. The van der Waals surface area contributed by atoms with Crippen LogP contribution in [0.15, 0.2) is 29.2 Å². The molecule has 1 aliphatic carbocycles. The molecule has 1 aromatic carbocycles. The highest BCUT2D eigenvalue weighted by atomic mass is 32.2. The van der Waals surface area contributed by atoms with Crippen LogP contribution in [0.25, 0.3) is 0 Å².